The number of aliphatic carboxylic acids is 1. The SMILES string of the molecule is O=C1CN(C(=O)NCC2(C(=O)O)CCCCCC2)CCN1. The zero-order valence-electron chi connectivity index (χ0n) is 12.2. The molecule has 7 heteroatoms. The van der Waals surface area contributed by atoms with Crippen LogP contribution < -0.4 is 10.6 Å². The fraction of sp³-hybridized carbons (Fsp3) is 0.786. The van der Waals surface area contributed by atoms with Gasteiger partial charge in [0.25, 0.3) is 0 Å². The average Bonchev–Trinajstić information content (AvgIpc) is 2.71. The van der Waals surface area contributed by atoms with E-state index >= 15 is 0 Å². The molecule has 118 valence electrons. The first kappa shape index (κ1) is 15.6. The molecule has 0 atom stereocenters. The van der Waals surface area contributed by atoms with Gasteiger partial charge in [0.15, 0.2) is 0 Å². The molecule has 1 saturated carbocycles. The first-order valence-electron chi connectivity index (χ1n) is 7.56. The van der Waals surface area contributed by atoms with Crippen molar-refractivity contribution < 1.29 is 19.5 Å². The van der Waals surface area contributed by atoms with E-state index in [9.17, 15) is 19.5 Å². The number of urea groups is 1. The van der Waals surface area contributed by atoms with Gasteiger partial charge < -0.3 is 20.6 Å². The van der Waals surface area contributed by atoms with Crippen molar-refractivity contribution in [1.82, 2.24) is 15.5 Å². The standard InChI is InChI=1S/C14H23N3O4/c18-11-9-17(8-7-15-11)13(21)16-10-14(12(19)20)5-3-1-2-4-6-14/h1-10H2,(H,15,18)(H,16,21)(H,19,20). The minimum Gasteiger partial charge on any atom is -0.481 e. The Morgan fingerprint density at radius 2 is 1.90 bits per heavy atom. The second-order valence-electron chi connectivity index (χ2n) is 5.93. The monoisotopic (exact) mass is 297 g/mol. The van der Waals surface area contributed by atoms with E-state index in [0.29, 0.717) is 25.9 Å². The molecule has 3 amide bonds. The molecular weight excluding hydrogens is 274 g/mol. The van der Waals surface area contributed by atoms with Gasteiger partial charge in [0.1, 0.15) is 6.54 Å². The molecule has 7 nitrogen and oxygen atoms in total. The smallest absolute Gasteiger partial charge is 0.317 e. The van der Waals surface area contributed by atoms with Crippen molar-refractivity contribution in [3.8, 4) is 0 Å². The third-order valence-corrected chi connectivity index (χ3v) is 4.42. The third-order valence-electron chi connectivity index (χ3n) is 4.42. The second-order valence-corrected chi connectivity index (χ2v) is 5.93. The van der Waals surface area contributed by atoms with Gasteiger partial charge in [0.2, 0.25) is 5.91 Å². The molecule has 2 aliphatic rings. The number of nitrogens with one attached hydrogen (secondary N) is 2. The average molecular weight is 297 g/mol. The van der Waals surface area contributed by atoms with E-state index < -0.39 is 11.4 Å². The predicted molar refractivity (Wildman–Crippen MR) is 75.8 cm³/mol. The van der Waals surface area contributed by atoms with Crippen molar-refractivity contribution in [1.29, 1.82) is 0 Å². The number of carboxylic acid groups (broad SMARTS) is 1. The van der Waals surface area contributed by atoms with E-state index in [2.05, 4.69) is 10.6 Å². The zero-order valence-corrected chi connectivity index (χ0v) is 12.2. The van der Waals surface area contributed by atoms with Crippen LogP contribution in [0.2, 0.25) is 0 Å². The van der Waals surface area contributed by atoms with E-state index in [-0.39, 0.29) is 25.0 Å². The number of carbonyl (C=O) groups excluding carboxylic acids is 2. The molecule has 2 fully saturated rings. The summed E-state index contributed by atoms with van der Waals surface area (Å²) < 4.78 is 0. The highest BCUT2D eigenvalue weighted by Crippen LogP contribution is 2.34. The van der Waals surface area contributed by atoms with Gasteiger partial charge in [-0.1, -0.05) is 25.7 Å². The molecule has 3 N–H and O–H groups in total. The molecule has 1 heterocycles. The van der Waals surface area contributed by atoms with Crippen LogP contribution in [-0.2, 0) is 9.59 Å². The Morgan fingerprint density at radius 3 is 2.48 bits per heavy atom. The Balaban J connectivity index is 1.93. The summed E-state index contributed by atoms with van der Waals surface area (Å²) in [4.78, 5) is 36.4. The predicted octanol–water partition coefficient (Wildman–Crippen LogP) is 0.553. The van der Waals surface area contributed by atoms with E-state index in [1.807, 2.05) is 0 Å². The van der Waals surface area contributed by atoms with Crippen molar-refractivity contribution in [2.24, 2.45) is 5.41 Å². The lowest BCUT2D eigenvalue weighted by molar-refractivity contribution is -0.149. The second kappa shape index (κ2) is 6.78. The highest BCUT2D eigenvalue weighted by Gasteiger charge is 2.39. The number of carbonyl (C=O) groups is 3. The van der Waals surface area contributed by atoms with Gasteiger partial charge in [0.05, 0.1) is 5.41 Å². The Kier molecular flexibility index (Phi) is 5.03. The summed E-state index contributed by atoms with van der Waals surface area (Å²) in [5.41, 5.74) is -0.857. The summed E-state index contributed by atoms with van der Waals surface area (Å²) in [6, 6.07) is -0.352. The maximum Gasteiger partial charge on any atom is 0.317 e. The van der Waals surface area contributed by atoms with Crippen LogP contribution in [0.1, 0.15) is 38.5 Å². The Morgan fingerprint density at radius 1 is 1.24 bits per heavy atom. The number of piperazine rings is 1. The van der Waals surface area contributed by atoms with Crippen LogP contribution in [0, 0.1) is 5.41 Å². The fourth-order valence-electron chi connectivity index (χ4n) is 3.04. The molecule has 21 heavy (non-hydrogen) atoms. The van der Waals surface area contributed by atoms with Gasteiger partial charge in [-0.3, -0.25) is 9.59 Å². The minimum absolute atomic E-state index is 0.0336. The number of carboxylic acids is 1. The topological polar surface area (TPSA) is 98.7 Å². The first-order valence-corrected chi connectivity index (χ1v) is 7.56. The van der Waals surface area contributed by atoms with Gasteiger partial charge in [-0.15, -0.1) is 0 Å². The summed E-state index contributed by atoms with van der Waals surface area (Å²) >= 11 is 0. The molecule has 0 unspecified atom stereocenters. The number of hydrogen-bond donors (Lipinski definition) is 3. The zero-order chi connectivity index (χ0) is 15.3. The van der Waals surface area contributed by atoms with Gasteiger partial charge in [-0.2, -0.15) is 0 Å². The number of amides is 3. The van der Waals surface area contributed by atoms with E-state index in [1.165, 1.54) is 4.90 Å². The van der Waals surface area contributed by atoms with Crippen LogP contribution in [0.5, 0.6) is 0 Å². The molecule has 0 radical (unpaired) electrons. The molecule has 2 rings (SSSR count). The summed E-state index contributed by atoms with van der Waals surface area (Å²) in [5, 5.41) is 14.9. The Bertz CT molecular complexity index is 416. The van der Waals surface area contributed by atoms with Crippen molar-refractivity contribution in [3.05, 3.63) is 0 Å². The number of nitrogens with zero attached hydrogens (tertiary/aromatic N) is 1. The van der Waals surface area contributed by atoms with Gasteiger partial charge in [0, 0.05) is 19.6 Å². The summed E-state index contributed by atoms with van der Waals surface area (Å²) in [6.07, 6.45) is 5.07. The lowest BCUT2D eigenvalue weighted by atomic mass is 9.80. The van der Waals surface area contributed by atoms with Crippen LogP contribution in [-0.4, -0.2) is 54.1 Å². The van der Waals surface area contributed by atoms with Gasteiger partial charge >= 0.3 is 12.0 Å². The summed E-state index contributed by atoms with van der Waals surface area (Å²) in [6.45, 7) is 1.07. The van der Waals surface area contributed by atoms with Crippen LogP contribution in [0.4, 0.5) is 4.79 Å². The third kappa shape index (κ3) is 3.86. The van der Waals surface area contributed by atoms with Crippen LogP contribution in [0.3, 0.4) is 0 Å². The molecule has 1 aliphatic heterocycles. The Labute approximate surface area is 124 Å². The first-order chi connectivity index (χ1) is 10.0. The van der Waals surface area contributed by atoms with Crippen LogP contribution >= 0.6 is 0 Å². The van der Waals surface area contributed by atoms with E-state index in [4.69, 9.17) is 0 Å². The summed E-state index contributed by atoms with van der Waals surface area (Å²) in [5.74, 6) is -1.01. The molecule has 1 saturated heterocycles. The maximum atomic E-state index is 12.1. The largest absolute Gasteiger partial charge is 0.481 e. The number of rotatable bonds is 3. The van der Waals surface area contributed by atoms with E-state index in [0.717, 1.165) is 25.7 Å². The maximum absolute atomic E-state index is 12.1. The van der Waals surface area contributed by atoms with E-state index in [1.54, 1.807) is 0 Å². The van der Waals surface area contributed by atoms with Crippen LogP contribution in [0.25, 0.3) is 0 Å². The quantitative estimate of drug-likeness (QED) is 0.663. The molecule has 0 aromatic carbocycles. The normalized spacial score (nSPS) is 22.1. The van der Waals surface area contributed by atoms with Crippen molar-refractivity contribution in [3.63, 3.8) is 0 Å². The van der Waals surface area contributed by atoms with Gasteiger partial charge in [-0.05, 0) is 12.8 Å². The van der Waals surface area contributed by atoms with Gasteiger partial charge in [-0.25, -0.2) is 4.79 Å². The van der Waals surface area contributed by atoms with Crippen molar-refractivity contribution in [2.45, 2.75) is 38.5 Å². The lowest BCUT2D eigenvalue weighted by Gasteiger charge is -2.31. The minimum atomic E-state index is -0.857. The highest BCUT2D eigenvalue weighted by atomic mass is 16.4. The number of hydrogen-bond acceptors (Lipinski definition) is 3. The molecule has 0 bridgehead atoms. The van der Waals surface area contributed by atoms with Crippen molar-refractivity contribution in [2.75, 3.05) is 26.2 Å². The highest BCUT2D eigenvalue weighted by molar-refractivity contribution is 5.85. The molecular formula is C14H23N3O4. The summed E-state index contributed by atoms with van der Waals surface area (Å²) in [7, 11) is 0. The Hall–Kier alpha value is -1.79. The molecule has 0 spiro atoms. The molecule has 0 aromatic rings. The molecule has 0 aromatic heterocycles. The fourth-order valence-corrected chi connectivity index (χ4v) is 3.04. The molecule has 1 aliphatic carbocycles. The lowest BCUT2D eigenvalue weighted by Crippen LogP contribution is -2.54. The van der Waals surface area contributed by atoms with Crippen LogP contribution in [0.15, 0.2) is 0 Å². The van der Waals surface area contributed by atoms with Crippen molar-refractivity contribution >= 4 is 17.9 Å².